The monoisotopic (exact) mass is 464 g/mol. The van der Waals surface area contributed by atoms with Crippen LogP contribution in [-0.2, 0) is 6.54 Å². The summed E-state index contributed by atoms with van der Waals surface area (Å²) in [5, 5.41) is 14.5. The van der Waals surface area contributed by atoms with Crippen molar-refractivity contribution in [3.05, 3.63) is 58.4 Å². The minimum atomic E-state index is -0.463. The summed E-state index contributed by atoms with van der Waals surface area (Å²) < 4.78 is 20.9. The van der Waals surface area contributed by atoms with E-state index in [9.17, 15) is 4.79 Å². The van der Waals surface area contributed by atoms with Crippen molar-refractivity contribution in [2.24, 2.45) is 0 Å². The van der Waals surface area contributed by atoms with Crippen molar-refractivity contribution in [3.8, 4) is 17.1 Å². The number of nitrogens with zero attached hydrogens (tertiary/aromatic N) is 6. The Morgan fingerprint density at radius 3 is 2.68 bits per heavy atom. The van der Waals surface area contributed by atoms with E-state index in [0.717, 1.165) is 0 Å². The summed E-state index contributed by atoms with van der Waals surface area (Å²) in [7, 11) is 0. The molecule has 34 heavy (non-hydrogen) atoms. The zero-order chi connectivity index (χ0) is 23.7. The minimum absolute atomic E-state index is 0.0864. The Kier molecular flexibility index (Phi) is 5.93. The van der Waals surface area contributed by atoms with Gasteiger partial charge in [0.1, 0.15) is 17.4 Å². The van der Waals surface area contributed by atoms with Crippen LogP contribution in [0.5, 0.6) is 5.75 Å². The summed E-state index contributed by atoms with van der Waals surface area (Å²) in [6.45, 7) is 7.03. The number of H-pyrrole nitrogens is 2. The van der Waals surface area contributed by atoms with Crippen molar-refractivity contribution in [1.82, 2.24) is 35.5 Å². The lowest BCUT2D eigenvalue weighted by Crippen LogP contribution is -2.46. The summed E-state index contributed by atoms with van der Waals surface area (Å²) in [6, 6.07) is 10.5. The molecule has 0 unspecified atom stereocenters. The summed E-state index contributed by atoms with van der Waals surface area (Å²) in [5.41, 5.74) is 1.50. The topological polar surface area (TPSA) is 116 Å². The van der Waals surface area contributed by atoms with Crippen LogP contribution in [0, 0.1) is 5.82 Å². The summed E-state index contributed by atoms with van der Waals surface area (Å²) in [4.78, 5) is 24.2. The molecule has 1 saturated heterocycles. The zero-order valence-corrected chi connectivity index (χ0v) is 19.0. The van der Waals surface area contributed by atoms with Gasteiger partial charge in [0.05, 0.1) is 34.8 Å². The fourth-order valence-electron chi connectivity index (χ4n) is 4.22. The van der Waals surface area contributed by atoms with E-state index in [0.29, 0.717) is 66.5 Å². The van der Waals surface area contributed by atoms with E-state index in [2.05, 4.69) is 40.4 Å². The first-order valence-electron chi connectivity index (χ1n) is 11.2. The Morgan fingerprint density at radius 1 is 1.15 bits per heavy atom. The largest absolute Gasteiger partial charge is 0.491 e. The molecular formula is C23H25FN8O2. The number of aromatic amines is 2. The van der Waals surface area contributed by atoms with E-state index in [1.54, 1.807) is 6.07 Å². The van der Waals surface area contributed by atoms with Gasteiger partial charge in [-0.2, -0.15) is 5.21 Å². The van der Waals surface area contributed by atoms with Gasteiger partial charge in [-0.1, -0.05) is 12.1 Å². The van der Waals surface area contributed by atoms with E-state index < -0.39 is 5.82 Å². The number of hydrogen-bond donors (Lipinski definition) is 2. The lowest BCUT2D eigenvalue weighted by Gasteiger charge is -2.36. The Hall–Kier alpha value is -3.86. The van der Waals surface area contributed by atoms with Crippen LogP contribution < -0.4 is 15.2 Å². The Balaban J connectivity index is 1.36. The molecule has 2 aromatic carbocycles. The van der Waals surface area contributed by atoms with Crippen LogP contribution in [-0.4, -0.2) is 67.8 Å². The highest BCUT2D eigenvalue weighted by Crippen LogP contribution is 2.36. The Bertz CT molecular complexity index is 1350. The third-order valence-electron chi connectivity index (χ3n) is 5.73. The van der Waals surface area contributed by atoms with Gasteiger partial charge >= 0.3 is 0 Å². The molecule has 0 radical (unpaired) electrons. The SMILES string of the molecule is CC(C)Oc1cc(F)c(-c2nn[nH]n2)c(N2CCN(Cc3nc4ccccc4c(=O)[nH]3)CC2)c1. The maximum absolute atomic E-state index is 15.1. The molecule has 2 N–H and O–H groups in total. The number of ether oxygens (including phenoxy) is 1. The normalized spacial score (nSPS) is 14.8. The van der Waals surface area contributed by atoms with Crippen molar-refractivity contribution in [2.45, 2.75) is 26.5 Å². The molecular weight excluding hydrogens is 439 g/mol. The van der Waals surface area contributed by atoms with Gasteiger partial charge in [-0.15, -0.1) is 10.2 Å². The molecule has 11 heteroatoms. The molecule has 1 aliphatic rings. The molecule has 2 aromatic heterocycles. The number of rotatable bonds is 6. The number of piperazine rings is 1. The molecule has 1 fully saturated rings. The molecule has 3 heterocycles. The number of hydrogen-bond acceptors (Lipinski definition) is 8. The highest BCUT2D eigenvalue weighted by Gasteiger charge is 2.25. The Labute approximate surface area is 194 Å². The minimum Gasteiger partial charge on any atom is -0.491 e. The fraction of sp³-hybridized carbons (Fsp3) is 0.348. The average Bonchev–Trinajstić information content (AvgIpc) is 3.33. The summed E-state index contributed by atoms with van der Waals surface area (Å²) in [5.74, 6) is 0.817. The lowest BCUT2D eigenvalue weighted by molar-refractivity contribution is 0.239. The summed E-state index contributed by atoms with van der Waals surface area (Å²) >= 11 is 0. The highest BCUT2D eigenvalue weighted by molar-refractivity contribution is 5.77. The zero-order valence-electron chi connectivity index (χ0n) is 19.0. The first kappa shape index (κ1) is 22.0. The maximum Gasteiger partial charge on any atom is 0.258 e. The first-order chi connectivity index (χ1) is 16.5. The average molecular weight is 465 g/mol. The molecule has 0 bridgehead atoms. The van der Waals surface area contributed by atoms with E-state index in [-0.39, 0.29) is 17.5 Å². The Morgan fingerprint density at radius 2 is 1.94 bits per heavy atom. The number of para-hydroxylation sites is 1. The van der Waals surface area contributed by atoms with Crippen molar-refractivity contribution >= 4 is 16.6 Å². The van der Waals surface area contributed by atoms with Crippen LogP contribution in [0.1, 0.15) is 19.7 Å². The van der Waals surface area contributed by atoms with Crippen LogP contribution in [0.3, 0.4) is 0 Å². The molecule has 0 atom stereocenters. The maximum atomic E-state index is 15.1. The van der Waals surface area contributed by atoms with E-state index in [4.69, 9.17) is 4.74 Å². The van der Waals surface area contributed by atoms with Crippen LogP contribution in [0.2, 0.25) is 0 Å². The van der Waals surface area contributed by atoms with Crippen molar-refractivity contribution < 1.29 is 9.13 Å². The summed E-state index contributed by atoms with van der Waals surface area (Å²) in [6.07, 6.45) is -0.0864. The lowest BCUT2D eigenvalue weighted by atomic mass is 10.1. The third kappa shape index (κ3) is 4.46. The second-order valence-electron chi connectivity index (χ2n) is 8.49. The van der Waals surface area contributed by atoms with Gasteiger partial charge in [-0.3, -0.25) is 9.69 Å². The van der Waals surface area contributed by atoms with E-state index in [1.165, 1.54) is 6.07 Å². The van der Waals surface area contributed by atoms with Gasteiger partial charge in [-0.05, 0) is 31.2 Å². The molecule has 0 saturated carbocycles. The van der Waals surface area contributed by atoms with Crippen LogP contribution >= 0.6 is 0 Å². The van der Waals surface area contributed by atoms with Gasteiger partial charge in [0, 0.05) is 38.3 Å². The number of nitrogens with one attached hydrogen (secondary N) is 2. The van der Waals surface area contributed by atoms with Crippen LogP contribution in [0.25, 0.3) is 22.3 Å². The first-order valence-corrected chi connectivity index (χ1v) is 11.2. The number of tetrazole rings is 1. The van der Waals surface area contributed by atoms with E-state index in [1.807, 2.05) is 38.1 Å². The standard InChI is InChI=1S/C23H25FN8O2/c1-14(2)34-15-11-17(24)21(22-27-29-30-28-22)19(12-15)32-9-7-31(8-10-32)13-20-25-18-6-4-3-5-16(18)23(33)26-20/h3-6,11-12,14H,7-10,13H2,1-2H3,(H,25,26,33)(H,27,28,29,30). The van der Waals surface area contributed by atoms with Gasteiger partial charge in [0.2, 0.25) is 5.82 Å². The quantitative estimate of drug-likeness (QED) is 0.447. The number of benzene rings is 2. The molecule has 0 amide bonds. The highest BCUT2D eigenvalue weighted by atomic mass is 19.1. The number of aromatic nitrogens is 6. The molecule has 0 aliphatic carbocycles. The van der Waals surface area contributed by atoms with Gasteiger partial charge < -0.3 is 14.6 Å². The van der Waals surface area contributed by atoms with E-state index >= 15 is 4.39 Å². The van der Waals surface area contributed by atoms with Gasteiger partial charge in [0.15, 0.2) is 0 Å². The molecule has 1 aliphatic heterocycles. The smallest absolute Gasteiger partial charge is 0.258 e. The number of fused-ring (bicyclic) bond motifs is 1. The molecule has 5 rings (SSSR count). The predicted octanol–water partition coefficient (Wildman–Crippen LogP) is 2.35. The van der Waals surface area contributed by atoms with Crippen LogP contribution in [0.4, 0.5) is 10.1 Å². The predicted molar refractivity (Wildman–Crippen MR) is 125 cm³/mol. The molecule has 0 spiro atoms. The van der Waals surface area contributed by atoms with Gasteiger partial charge in [-0.25, -0.2) is 9.37 Å². The van der Waals surface area contributed by atoms with Crippen molar-refractivity contribution in [1.29, 1.82) is 0 Å². The van der Waals surface area contributed by atoms with Gasteiger partial charge in [0.25, 0.3) is 5.56 Å². The second-order valence-corrected chi connectivity index (χ2v) is 8.49. The molecule has 10 nitrogen and oxygen atoms in total. The van der Waals surface area contributed by atoms with Crippen LogP contribution in [0.15, 0.2) is 41.2 Å². The fourth-order valence-corrected chi connectivity index (χ4v) is 4.22. The third-order valence-corrected chi connectivity index (χ3v) is 5.73. The molecule has 176 valence electrons. The second kappa shape index (κ2) is 9.18. The van der Waals surface area contributed by atoms with Crippen molar-refractivity contribution in [3.63, 3.8) is 0 Å². The number of halogens is 1. The number of anilines is 1. The molecule has 4 aromatic rings. The van der Waals surface area contributed by atoms with Crippen molar-refractivity contribution in [2.75, 3.05) is 31.1 Å².